The molecule has 4 heteroatoms. The van der Waals surface area contributed by atoms with E-state index in [0.29, 0.717) is 12.0 Å². The Morgan fingerprint density at radius 2 is 2.44 bits per heavy atom. The number of nitrogens with zero attached hydrogens (tertiary/aromatic N) is 1. The summed E-state index contributed by atoms with van der Waals surface area (Å²) in [6.45, 7) is 1.80. The van der Waals surface area contributed by atoms with Crippen LogP contribution in [-0.4, -0.2) is 22.8 Å². The van der Waals surface area contributed by atoms with Gasteiger partial charge in [0.05, 0.1) is 0 Å². The first-order chi connectivity index (χ1) is 7.60. The van der Waals surface area contributed by atoms with Gasteiger partial charge >= 0.3 is 0 Å². The molecule has 0 aromatic heterocycles. The highest BCUT2D eigenvalue weighted by atomic mass is 16.2. The van der Waals surface area contributed by atoms with E-state index in [0.717, 1.165) is 0 Å². The molecule has 4 nitrogen and oxygen atoms in total. The summed E-state index contributed by atoms with van der Waals surface area (Å²) in [4.78, 5) is 24.3. The molecule has 1 aliphatic heterocycles. The van der Waals surface area contributed by atoms with E-state index in [1.165, 1.54) is 11.1 Å². The van der Waals surface area contributed by atoms with Gasteiger partial charge < -0.3 is 10.6 Å². The summed E-state index contributed by atoms with van der Waals surface area (Å²) in [6.07, 6.45) is 10.8. The molecular weight excluding hydrogens is 204 g/mol. The molecule has 1 rings (SSSR count). The fraction of sp³-hybridized carbons (Fsp3) is 0.333. The van der Waals surface area contributed by atoms with E-state index in [1.807, 2.05) is 0 Å². The number of amides is 2. The Labute approximate surface area is 94.8 Å². The fourth-order valence-electron chi connectivity index (χ4n) is 1.54. The lowest BCUT2D eigenvalue weighted by molar-refractivity contribution is -0.135. The summed E-state index contributed by atoms with van der Waals surface area (Å²) in [6, 6.07) is -0.629. The van der Waals surface area contributed by atoms with Gasteiger partial charge in [0.25, 0.3) is 0 Å². The Kier molecular flexibility index (Phi) is 3.90. The summed E-state index contributed by atoms with van der Waals surface area (Å²) in [7, 11) is 0. The number of rotatable bonds is 3. The van der Waals surface area contributed by atoms with Gasteiger partial charge in [0.2, 0.25) is 11.8 Å². The molecule has 0 spiro atoms. The highest BCUT2D eigenvalue weighted by molar-refractivity contribution is 5.88. The van der Waals surface area contributed by atoms with Gasteiger partial charge in [-0.15, -0.1) is 6.42 Å². The molecule has 0 saturated heterocycles. The highest BCUT2D eigenvalue weighted by Crippen LogP contribution is 2.14. The second-order valence-corrected chi connectivity index (χ2v) is 3.46. The summed E-state index contributed by atoms with van der Waals surface area (Å²) in [5.41, 5.74) is 5.80. The van der Waals surface area contributed by atoms with Crippen LogP contribution < -0.4 is 5.73 Å². The van der Waals surface area contributed by atoms with Gasteiger partial charge in [-0.25, -0.2) is 0 Å². The molecule has 84 valence electrons. The first kappa shape index (κ1) is 12.1. The van der Waals surface area contributed by atoms with Gasteiger partial charge in [0.1, 0.15) is 6.04 Å². The van der Waals surface area contributed by atoms with Crippen LogP contribution in [0.15, 0.2) is 23.9 Å². The van der Waals surface area contributed by atoms with E-state index >= 15 is 0 Å². The molecule has 2 amide bonds. The molecule has 1 atom stereocenters. The molecule has 2 N–H and O–H groups in total. The minimum atomic E-state index is -0.629. The van der Waals surface area contributed by atoms with Crippen LogP contribution in [0, 0.1) is 12.3 Å². The van der Waals surface area contributed by atoms with E-state index < -0.39 is 11.9 Å². The zero-order chi connectivity index (χ0) is 12.1. The normalized spacial score (nSPS) is 17.4. The lowest BCUT2D eigenvalue weighted by Gasteiger charge is -2.24. The van der Waals surface area contributed by atoms with Gasteiger partial charge in [-0.1, -0.05) is 18.9 Å². The van der Waals surface area contributed by atoms with Crippen LogP contribution in [0.3, 0.4) is 0 Å². The number of hydrogen-bond donors (Lipinski definition) is 1. The molecule has 0 aromatic rings. The maximum absolute atomic E-state index is 11.7. The minimum Gasteiger partial charge on any atom is -0.368 e. The average Bonchev–Trinajstić information content (AvgIpc) is 2.42. The molecule has 1 unspecified atom stereocenters. The Hall–Kier alpha value is -2.02. The summed E-state index contributed by atoms with van der Waals surface area (Å²) in [5.74, 6) is 1.74. The van der Waals surface area contributed by atoms with Crippen molar-refractivity contribution < 1.29 is 9.59 Å². The van der Waals surface area contributed by atoms with Crippen LogP contribution in [0.2, 0.25) is 0 Å². The van der Waals surface area contributed by atoms with Crippen LogP contribution in [0.5, 0.6) is 0 Å². The fourth-order valence-corrected chi connectivity index (χ4v) is 1.54. The molecule has 0 aromatic carbocycles. The topological polar surface area (TPSA) is 63.4 Å². The second kappa shape index (κ2) is 5.17. The van der Waals surface area contributed by atoms with Gasteiger partial charge in [-0.05, 0) is 12.5 Å². The van der Waals surface area contributed by atoms with Crippen molar-refractivity contribution >= 4 is 11.8 Å². The second-order valence-electron chi connectivity index (χ2n) is 3.46. The van der Waals surface area contributed by atoms with Crippen LogP contribution in [0.25, 0.3) is 0 Å². The summed E-state index contributed by atoms with van der Waals surface area (Å²) in [5, 5.41) is 0. The van der Waals surface area contributed by atoms with Crippen LogP contribution >= 0.6 is 0 Å². The number of terminal acetylenes is 1. The molecule has 0 bridgehead atoms. The van der Waals surface area contributed by atoms with Crippen molar-refractivity contribution in [3.63, 3.8) is 0 Å². The van der Waals surface area contributed by atoms with Crippen molar-refractivity contribution in [2.24, 2.45) is 5.73 Å². The first-order valence-electron chi connectivity index (χ1n) is 5.05. The maximum Gasteiger partial charge on any atom is 0.240 e. The quantitative estimate of drug-likeness (QED) is 0.703. The Balaban J connectivity index is 3.05. The summed E-state index contributed by atoms with van der Waals surface area (Å²) < 4.78 is 0. The monoisotopic (exact) mass is 218 g/mol. The number of carbonyl (C=O) groups is 2. The number of primary amides is 1. The molecule has 16 heavy (non-hydrogen) atoms. The van der Waals surface area contributed by atoms with E-state index in [-0.39, 0.29) is 12.3 Å². The Bertz CT molecular complexity index is 402. The molecule has 1 aliphatic rings. The van der Waals surface area contributed by atoms with Gasteiger partial charge in [0, 0.05) is 18.2 Å². The zero-order valence-electron chi connectivity index (χ0n) is 9.14. The minimum absolute atomic E-state index is 0.174. The van der Waals surface area contributed by atoms with Crippen molar-refractivity contribution in [2.75, 3.05) is 0 Å². The van der Waals surface area contributed by atoms with Gasteiger partial charge in [0.15, 0.2) is 0 Å². The predicted octanol–water partition coefficient (Wildman–Crippen LogP) is 0.556. The van der Waals surface area contributed by atoms with E-state index in [4.69, 9.17) is 12.2 Å². The largest absolute Gasteiger partial charge is 0.368 e. The maximum atomic E-state index is 11.7. The lowest BCUT2D eigenvalue weighted by atomic mass is 10.1. The molecule has 1 heterocycles. The van der Waals surface area contributed by atoms with Crippen molar-refractivity contribution in [1.29, 1.82) is 0 Å². The van der Waals surface area contributed by atoms with E-state index in [9.17, 15) is 9.59 Å². The van der Waals surface area contributed by atoms with E-state index in [1.54, 1.807) is 19.1 Å². The number of nitrogens with two attached hydrogens (primary N) is 1. The van der Waals surface area contributed by atoms with Crippen LogP contribution in [0.1, 0.15) is 19.8 Å². The number of allylic oxidation sites excluding steroid dienone is 2. The molecule has 0 fully saturated rings. The van der Waals surface area contributed by atoms with Gasteiger partial charge in [-0.2, -0.15) is 0 Å². The Morgan fingerprint density at radius 1 is 1.75 bits per heavy atom. The summed E-state index contributed by atoms with van der Waals surface area (Å²) >= 11 is 0. The standard InChI is InChI=1S/C12H14N2O2/c1-3-9-6-5-7-11(15)14(8-9)10(4-2)12(13)16/h1,5-6,8,10H,4,7H2,2H3,(H2,13,16). The zero-order valence-corrected chi connectivity index (χ0v) is 9.14. The molecular formula is C12H14N2O2. The van der Waals surface area contributed by atoms with Crippen LogP contribution in [-0.2, 0) is 9.59 Å². The van der Waals surface area contributed by atoms with Crippen LogP contribution in [0.4, 0.5) is 0 Å². The van der Waals surface area contributed by atoms with Crippen molar-refractivity contribution in [3.8, 4) is 12.3 Å². The van der Waals surface area contributed by atoms with Crippen molar-refractivity contribution in [1.82, 2.24) is 4.90 Å². The molecule has 0 saturated carbocycles. The predicted molar refractivity (Wildman–Crippen MR) is 60.8 cm³/mol. The highest BCUT2D eigenvalue weighted by Gasteiger charge is 2.25. The molecule has 0 aliphatic carbocycles. The SMILES string of the molecule is C#CC1=CN(C(CC)C(N)=O)C(=O)CC=C1. The molecule has 0 radical (unpaired) electrons. The Morgan fingerprint density at radius 3 is 2.94 bits per heavy atom. The average molecular weight is 218 g/mol. The number of carbonyl (C=O) groups excluding carboxylic acids is 2. The smallest absolute Gasteiger partial charge is 0.240 e. The van der Waals surface area contributed by atoms with Crippen molar-refractivity contribution in [2.45, 2.75) is 25.8 Å². The van der Waals surface area contributed by atoms with Crippen molar-refractivity contribution in [3.05, 3.63) is 23.9 Å². The van der Waals surface area contributed by atoms with Gasteiger partial charge in [-0.3, -0.25) is 9.59 Å². The van der Waals surface area contributed by atoms with E-state index in [2.05, 4.69) is 5.92 Å². The number of hydrogen-bond acceptors (Lipinski definition) is 2. The third-order valence-electron chi connectivity index (χ3n) is 2.37. The third kappa shape index (κ3) is 2.51. The third-order valence-corrected chi connectivity index (χ3v) is 2.37. The first-order valence-corrected chi connectivity index (χ1v) is 5.05. The lowest BCUT2D eigenvalue weighted by Crippen LogP contribution is -2.44.